The average molecular weight is 381 g/mol. The molecule has 0 bridgehead atoms. The summed E-state index contributed by atoms with van der Waals surface area (Å²) in [6.07, 6.45) is 0. The molecule has 2 heterocycles. The van der Waals surface area contributed by atoms with Gasteiger partial charge in [0.05, 0.1) is 23.7 Å². The van der Waals surface area contributed by atoms with Crippen molar-refractivity contribution in [2.75, 3.05) is 7.11 Å². The summed E-state index contributed by atoms with van der Waals surface area (Å²) in [5.41, 5.74) is 0.309. The standard InChI is InChI=1S/C18H12FN5O4/c1-27-11-6-7-15(14(10-11)24(25)26)28-17-9-8-16-20-21-18(23(16)22-17)12-4-2-3-5-13(12)19/h2-10H,1H3. The fourth-order valence-corrected chi connectivity index (χ4v) is 2.60. The van der Waals surface area contributed by atoms with Crippen molar-refractivity contribution in [3.8, 4) is 28.8 Å². The Morgan fingerprint density at radius 3 is 2.68 bits per heavy atom. The lowest BCUT2D eigenvalue weighted by Gasteiger charge is -2.07. The summed E-state index contributed by atoms with van der Waals surface area (Å²) in [6.45, 7) is 0. The first-order chi connectivity index (χ1) is 13.6. The first kappa shape index (κ1) is 17.3. The highest BCUT2D eigenvalue weighted by atomic mass is 19.1. The van der Waals surface area contributed by atoms with Crippen molar-refractivity contribution in [2.24, 2.45) is 0 Å². The Bertz CT molecular complexity index is 1190. The molecule has 0 aliphatic rings. The monoisotopic (exact) mass is 381 g/mol. The van der Waals surface area contributed by atoms with Crippen LogP contribution >= 0.6 is 0 Å². The number of halogens is 1. The molecular formula is C18H12FN5O4. The summed E-state index contributed by atoms with van der Waals surface area (Å²) in [7, 11) is 1.41. The molecule has 0 unspecified atom stereocenters. The highest BCUT2D eigenvalue weighted by Gasteiger charge is 2.19. The van der Waals surface area contributed by atoms with Gasteiger partial charge in [0, 0.05) is 6.07 Å². The second-order valence-electron chi connectivity index (χ2n) is 5.64. The number of fused-ring (bicyclic) bond motifs is 1. The molecule has 28 heavy (non-hydrogen) atoms. The van der Waals surface area contributed by atoms with Crippen molar-refractivity contribution in [3.05, 3.63) is 70.5 Å². The van der Waals surface area contributed by atoms with Crippen LogP contribution in [0.1, 0.15) is 0 Å². The maximum absolute atomic E-state index is 14.1. The Morgan fingerprint density at radius 1 is 1.11 bits per heavy atom. The van der Waals surface area contributed by atoms with E-state index in [4.69, 9.17) is 9.47 Å². The molecule has 0 saturated heterocycles. The van der Waals surface area contributed by atoms with Crippen molar-refractivity contribution in [2.45, 2.75) is 0 Å². The van der Waals surface area contributed by atoms with Gasteiger partial charge in [-0.1, -0.05) is 12.1 Å². The molecule has 0 radical (unpaired) electrons. The van der Waals surface area contributed by atoms with E-state index in [1.165, 1.54) is 42.0 Å². The Labute approximate surface area is 157 Å². The normalized spacial score (nSPS) is 10.8. The van der Waals surface area contributed by atoms with Crippen LogP contribution in [0.15, 0.2) is 54.6 Å². The molecule has 0 fully saturated rings. The van der Waals surface area contributed by atoms with Crippen LogP contribution in [0.25, 0.3) is 17.0 Å². The molecule has 0 aliphatic heterocycles. The molecule has 0 spiro atoms. The molecule has 9 nitrogen and oxygen atoms in total. The predicted octanol–water partition coefficient (Wildman–Crippen LogP) is 3.64. The molecule has 140 valence electrons. The van der Waals surface area contributed by atoms with Gasteiger partial charge in [0.2, 0.25) is 11.6 Å². The van der Waals surface area contributed by atoms with Crippen LogP contribution < -0.4 is 9.47 Å². The second-order valence-corrected chi connectivity index (χ2v) is 5.64. The van der Waals surface area contributed by atoms with E-state index in [-0.39, 0.29) is 28.7 Å². The average Bonchev–Trinajstić information content (AvgIpc) is 3.11. The minimum absolute atomic E-state index is 0.0156. The zero-order valence-electron chi connectivity index (χ0n) is 14.4. The lowest BCUT2D eigenvalue weighted by Crippen LogP contribution is -2.00. The highest BCUT2D eigenvalue weighted by molar-refractivity contribution is 5.59. The number of hydrogen-bond acceptors (Lipinski definition) is 7. The summed E-state index contributed by atoms with van der Waals surface area (Å²) < 4.78 is 26.0. The largest absolute Gasteiger partial charge is 0.496 e. The molecule has 0 atom stereocenters. The van der Waals surface area contributed by atoms with Crippen LogP contribution in [0, 0.1) is 15.9 Å². The van der Waals surface area contributed by atoms with Gasteiger partial charge in [0.15, 0.2) is 11.5 Å². The Hall–Kier alpha value is -4.08. The molecule has 10 heteroatoms. The first-order valence-electron chi connectivity index (χ1n) is 8.04. The smallest absolute Gasteiger partial charge is 0.315 e. The molecule has 0 aliphatic carbocycles. The van der Waals surface area contributed by atoms with E-state index in [1.54, 1.807) is 24.3 Å². The minimum Gasteiger partial charge on any atom is -0.496 e. The van der Waals surface area contributed by atoms with Crippen molar-refractivity contribution in [1.82, 2.24) is 19.8 Å². The van der Waals surface area contributed by atoms with Gasteiger partial charge in [-0.3, -0.25) is 10.1 Å². The van der Waals surface area contributed by atoms with Crippen molar-refractivity contribution >= 4 is 11.3 Å². The van der Waals surface area contributed by atoms with Gasteiger partial charge in [-0.05, 0) is 30.3 Å². The van der Waals surface area contributed by atoms with Crippen LogP contribution in [0.4, 0.5) is 10.1 Å². The van der Waals surface area contributed by atoms with Crippen molar-refractivity contribution < 1.29 is 18.8 Å². The summed E-state index contributed by atoms with van der Waals surface area (Å²) in [6, 6.07) is 13.3. The van der Waals surface area contributed by atoms with Gasteiger partial charge >= 0.3 is 5.69 Å². The van der Waals surface area contributed by atoms with Gasteiger partial charge in [-0.25, -0.2) is 4.39 Å². The van der Waals surface area contributed by atoms with Gasteiger partial charge in [0.25, 0.3) is 0 Å². The lowest BCUT2D eigenvalue weighted by molar-refractivity contribution is -0.385. The SMILES string of the molecule is COc1ccc(Oc2ccc3nnc(-c4ccccc4F)n3n2)c([N+](=O)[O-])c1. The van der Waals surface area contributed by atoms with E-state index in [1.807, 2.05) is 0 Å². The third kappa shape index (κ3) is 3.07. The predicted molar refractivity (Wildman–Crippen MR) is 95.9 cm³/mol. The molecule has 4 aromatic rings. The van der Waals surface area contributed by atoms with E-state index < -0.39 is 10.7 Å². The molecule has 2 aromatic carbocycles. The second kappa shape index (κ2) is 6.91. The quantitative estimate of drug-likeness (QED) is 0.384. The molecule has 0 saturated carbocycles. The number of methoxy groups -OCH3 is 1. The number of hydrogen-bond donors (Lipinski definition) is 0. The van der Waals surface area contributed by atoms with E-state index in [0.29, 0.717) is 11.4 Å². The number of nitro benzene ring substituents is 1. The Balaban J connectivity index is 1.76. The van der Waals surface area contributed by atoms with Crippen LogP contribution in [0.5, 0.6) is 17.4 Å². The molecule has 2 aromatic heterocycles. The minimum atomic E-state index is -0.583. The molecule has 4 rings (SSSR count). The number of aromatic nitrogens is 4. The Kier molecular flexibility index (Phi) is 4.28. The molecular weight excluding hydrogens is 369 g/mol. The summed E-state index contributed by atoms with van der Waals surface area (Å²) in [5, 5.41) is 23.5. The third-order valence-electron chi connectivity index (χ3n) is 3.93. The van der Waals surface area contributed by atoms with Gasteiger partial charge in [-0.2, -0.15) is 4.52 Å². The maximum atomic E-state index is 14.1. The van der Waals surface area contributed by atoms with Gasteiger partial charge < -0.3 is 9.47 Å². The zero-order chi connectivity index (χ0) is 19.7. The lowest BCUT2D eigenvalue weighted by atomic mass is 10.2. The van der Waals surface area contributed by atoms with Gasteiger partial charge in [0.1, 0.15) is 11.6 Å². The number of benzene rings is 2. The van der Waals surface area contributed by atoms with Gasteiger partial charge in [-0.15, -0.1) is 15.3 Å². The van der Waals surface area contributed by atoms with E-state index in [0.717, 1.165) is 0 Å². The molecule has 0 amide bonds. The molecule has 0 N–H and O–H groups in total. The van der Waals surface area contributed by atoms with Crippen LogP contribution in [-0.2, 0) is 0 Å². The van der Waals surface area contributed by atoms with E-state index in [9.17, 15) is 14.5 Å². The maximum Gasteiger partial charge on any atom is 0.315 e. The topological polar surface area (TPSA) is 105 Å². The van der Waals surface area contributed by atoms with E-state index in [2.05, 4.69) is 15.3 Å². The first-order valence-corrected chi connectivity index (χ1v) is 8.04. The number of rotatable bonds is 5. The summed E-state index contributed by atoms with van der Waals surface area (Å²) in [4.78, 5) is 10.7. The van der Waals surface area contributed by atoms with Crippen LogP contribution in [-0.4, -0.2) is 31.8 Å². The van der Waals surface area contributed by atoms with Crippen LogP contribution in [0.2, 0.25) is 0 Å². The summed E-state index contributed by atoms with van der Waals surface area (Å²) in [5.74, 6) is 0.0675. The van der Waals surface area contributed by atoms with E-state index >= 15 is 0 Å². The number of ether oxygens (including phenoxy) is 2. The van der Waals surface area contributed by atoms with Crippen LogP contribution in [0.3, 0.4) is 0 Å². The van der Waals surface area contributed by atoms with Crippen molar-refractivity contribution in [1.29, 1.82) is 0 Å². The fourth-order valence-electron chi connectivity index (χ4n) is 2.60. The number of nitrogens with zero attached hydrogens (tertiary/aromatic N) is 5. The number of nitro groups is 1. The Morgan fingerprint density at radius 2 is 1.93 bits per heavy atom. The fraction of sp³-hybridized carbons (Fsp3) is 0.0556. The third-order valence-corrected chi connectivity index (χ3v) is 3.93. The summed E-state index contributed by atoms with van der Waals surface area (Å²) >= 11 is 0. The highest BCUT2D eigenvalue weighted by Crippen LogP contribution is 2.34. The zero-order valence-corrected chi connectivity index (χ0v) is 14.4. The van der Waals surface area contributed by atoms with Crippen molar-refractivity contribution in [3.63, 3.8) is 0 Å².